The largest absolute Gasteiger partial charge is 0.366 e. The number of hydrogen-bond acceptors (Lipinski definition) is 6. The van der Waals surface area contributed by atoms with Crippen molar-refractivity contribution in [2.45, 2.75) is 39.7 Å². The first-order chi connectivity index (χ1) is 9.72. The molecule has 2 aromatic heterocycles. The molecular formula is C13H23N7. The van der Waals surface area contributed by atoms with Gasteiger partial charge in [-0.15, -0.1) is 14.8 Å². The number of anilines is 1. The topological polar surface area (TPSA) is 71.2 Å². The van der Waals surface area contributed by atoms with Crippen LogP contribution in [0.2, 0.25) is 0 Å². The van der Waals surface area contributed by atoms with Crippen LogP contribution in [0.5, 0.6) is 0 Å². The molecule has 110 valence electrons. The summed E-state index contributed by atoms with van der Waals surface area (Å²) in [6.45, 7) is 9.98. The third kappa shape index (κ3) is 3.86. The molecule has 0 aliphatic carbocycles. The van der Waals surface area contributed by atoms with Crippen LogP contribution in [0.15, 0.2) is 12.1 Å². The summed E-state index contributed by atoms with van der Waals surface area (Å²) >= 11 is 0. The number of nitrogens with zero attached hydrogens (tertiary/aromatic N) is 6. The van der Waals surface area contributed by atoms with Crippen LogP contribution in [0, 0.1) is 0 Å². The Labute approximate surface area is 119 Å². The minimum atomic E-state index is 0.381. The van der Waals surface area contributed by atoms with E-state index in [9.17, 15) is 0 Å². The molecule has 1 atom stereocenters. The number of aromatic nitrogens is 5. The van der Waals surface area contributed by atoms with Crippen molar-refractivity contribution in [2.75, 3.05) is 25.0 Å². The van der Waals surface area contributed by atoms with E-state index < -0.39 is 0 Å². The molecule has 20 heavy (non-hydrogen) atoms. The quantitative estimate of drug-likeness (QED) is 0.787. The highest BCUT2D eigenvalue weighted by molar-refractivity contribution is 5.42. The lowest BCUT2D eigenvalue weighted by molar-refractivity contribution is 0.295. The van der Waals surface area contributed by atoms with Gasteiger partial charge in [0.05, 0.1) is 0 Å². The summed E-state index contributed by atoms with van der Waals surface area (Å²) in [6, 6.07) is 4.15. The summed E-state index contributed by atoms with van der Waals surface area (Å²) < 4.78 is 1.44. The average molecular weight is 277 g/mol. The molecule has 2 rings (SSSR count). The first-order valence-corrected chi connectivity index (χ1v) is 7.27. The minimum Gasteiger partial charge on any atom is -0.366 e. The lowest BCUT2D eigenvalue weighted by Gasteiger charge is -2.19. The summed E-state index contributed by atoms with van der Waals surface area (Å²) in [6.07, 6.45) is 2.30. The molecular weight excluding hydrogens is 254 g/mol. The van der Waals surface area contributed by atoms with Gasteiger partial charge < -0.3 is 10.2 Å². The van der Waals surface area contributed by atoms with Crippen molar-refractivity contribution in [3.63, 3.8) is 0 Å². The second-order valence-corrected chi connectivity index (χ2v) is 4.96. The third-order valence-corrected chi connectivity index (χ3v) is 3.47. The molecule has 0 aliphatic rings. The van der Waals surface area contributed by atoms with Crippen LogP contribution in [0.1, 0.15) is 33.6 Å². The zero-order valence-electron chi connectivity index (χ0n) is 12.5. The Hall–Kier alpha value is -1.76. The van der Waals surface area contributed by atoms with Crippen LogP contribution in [0.3, 0.4) is 0 Å². The van der Waals surface area contributed by atoms with Gasteiger partial charge in [0, 0.05) is 6.04 Å². The van der Waals surface area contributed by atoms with Crippen molar-refractivity contribution >= 4 is 11.5 Å². The molecule has 0 aromatic carbocycles. The Bertz CT molecular complexity index is 520. The highest BCUT2D eigenvalue weighted by Gasteiger charge is 2.06. The normalized spacial score (nSPS) is 13.0. The van der Waals surface area contributed by atoms with Gasteiger partial charge in [-0.2, -0.15) is 0 Å². The van der Waals surface area contributed by atoms with Gasteiger partial charge in [0.25, 0.3) is 0 Å². The molecule has 0 radical (unpaired) electrons. The number of tetrazole rings is 1. The van der Waals surface area contributed by atoms with E-state index in [4.69, 9.17) is 0 Å². The molecule has 7 heteroatoms. The SMILES string of the molecule is CCN(CC)CCCC(C)Nc1ccc2nnnn2n1. The van der Waals surface area contributed by atoms with E-state index in [1.165, 1.54) is 11.1 Å². The predicted octanol–water partition coefficient (Wildman–Crippen LogP) is 1.44. The second kappa shape index (κ2) is 7.14. The number of rotatable bonds is 8. The number of nitrogens with one attached hydrogen (secondary N) is 1. The molecule has 1 N–H and O–H groups in total. The van der Waals surface area contributed by atoms with Gasteiger partial charge in [-0.25, -0.2) is 0 Å². The molecule has 0 bridgehead atoms. The summed E-state index contributed by atoms with van der Waals surface area (Å²) in [5.74, 6) is 0.806. The molecule has 0 fully saturated rings. The third-order valence-electron chi connectivity index (χ3n) is 3.47. The highest BCUT2D eigenvalue weighted by atomic mass is 15.6. The molecule has 7 nitrogen and oxygen atoms in total. The predicted molar refractivity (Wildman–Crippen MR) is 78.7 cm³/mol. The Balaban J connectivity index is 1.80. The molecule has 0 saturated heterocycles. The van der Waals surface area contributed by atoms with E-state index in [0.29, 0.717) is 11.7 Å². The van der Waals surface area contributed by atoms with Crippen LogP contribution in [0.4, 0.5) is 5.82 Å². The molecule has 2 aromatic rings. The van der Waals surface area contributed by atoms with Crippen molar-refractivity contribution < 1.29 is 0 Å². The van der Waals surface area contributed by atoms with Gasteiger partial charge in [-0.1, -0.05) is 13.8 Å². The molecule has 0 aliphatic heterocycles. The lowest BCUT2D eigenvalue weighted by atomic mass is 10.1. The maximum Gasteiger partial charge on any atom is 0.200 e. The Kier molecular flexibility index (Phi) is 5.23. The van der Waals surface area contributed by atoms with E-state index in [1.54, 1.807) is 0 Å². The van der Waals surface area contributed by atoms with Gasteiger partial charge >= 0.3 is 0 Å². The summed E-state index contributed by atoms with van der Waals surface area (Å²) in [5, 5.41) is 18.9. The Morgan fingerprint density at radius 1 is 1.30 bits per heavy atom. The van der Waals surface area contributed by atoms with Gasteiger partial charge in [-0.05, 0) is 62.0 Å². The number of fused-ring (bicyclic) bond motifs is 1. The van der Waals surface area contributed by atoms with E-state index in [1.807, 2.05) is 12.1 Å². The number of hydrogen-bond donors (Lipinski definition) is 1. The second-order valence-electron chi connectivity index (χ2n) is 4.96. The molecule has 0 saturated carbocycles. The summed E-state index contributed by atoms with van der Waals surface area (Å²) in [5.41, 5.74) is 0.657. The first kappa shape index (κ1) is 14.6. The van der Waals surface area contributed by atoms with Gasteiger partial charge in [0.2, 0.25) is 0 Å². The zero-order valence-corrected chi connectivity index (χ0v) is 12.5. The fourth-order valence-corrected chi connectivity index (χ4v) is 2.21. The maximum atomic E-state index is 4.31. The van der Waals surface area contributed by atoms with E-state index in [2.05, 4.69) is 51.6 Å². The molecule has 2 heterocycles. The smallest absolute Gasteiger partial charge is 0.200 e. The van der Waals surface area contributed by atoms with Crippen molar-refractivity contribution in [3.05, 3.63) is 12.1 Å². The van der Waals surface area contributed by atoms with Gasteiger partial charge in [-0.3, -0.25) is 0 Å². The van der Waals surface area contributed by atoms with Crippen molar-refractivity contribution in [1.82, 2.24) is 30.2 Å². The van der Waals surface area contributed by atoms with Crippen LogP contribution in [0.25, 0.3) is 5.65 Å². The first-order valence-electron chi connectivity index (χ1n) is 7.27. The van der Waals surface area contributed by atoms with Crippen molar-refractivity contribution in [2.24, 2.45) is 0 Å². The van der Waals surface area contributed by atoms with E-state index in [-0.39, 0.29) is 0 Å². The average Bonchev–Trinajstić information content (AvgIpc) is 2.91. The molecule has 1 unspecified atom stereocenters. The standard InChI is InChI=1S/C13H23N7/c1-4-19(5-2)10-6-7-11(3)14-12-8-9-13-15-17-18-20(13)16-12/h8-9,11H,4-7,10H2,1-3H3,(H,14,16). The fraction of sp³-hybridized carbons (Fsp3) is 0.692. The monoisotopic (exact) mass is 277 g/mol. The van der Waals surface area contributed by atoms with Crippen LogP contribution in [-0.4, -0.2) is 55.8 Å². The summed E-state index contributed by atoms with van der Waals surface area (Å²) in [4.78, 5) is 2.44. The lowest BCUT2D eigenvalue weighted by Crippen LogP contribution is -2.25. The molecule has 0 spiro atoms. The van der Waals surface area contributed by atoms with Crippen molar-refractivity contribution in [3.8, 4) is 0 Å². The minimum absolute atomic E-state index is 0.381. The van der Waals surface area contributed by atoms with Crippen LogP contribution >= 0.6 is 0 Å². The summed E-state index contributed by atoms with van der Waals surface area (Å²) in [7, 11) is 0. The van der Waals surface area contributed by atoms with Gasteiger partial charge in [0.15, 0.2) is 5.65 Å². The zero-order chi connectivity index (χ0) is 14.4. The van der Waals surface area contributed by atoms with Crippen LogP contribution in [-0.2, 0) is 0 Å². The highest BCUT2D eigenvalue weighted by Crippen LogP contribution is 2.08. The van der Waals surface area contributed by atoms with E-state index >= 15 is 0 Å². The molecule has 0 amide bonds. The van der Waals surface area contributed by atoms with Gasteiger partial charge in [0.1, 0.15) is 5.82 Å². The van der Waals surface area contributed by atoms with Crippen molar-refractivity contribution in [1.29, 1.82) is 0 Å². The fourth-order valence-electron chi connectivity index (χ4n) is 2.21. The van der Waals surface area contributed by atoms with Crippen LogP contribution < -0.4 is 5.32 Å². The Morgan fingerprint density at radius 2 is 2.10 bits per heavy atom. The maximum absolute atomic E-state index is 4.31. The van der Waals surface area contributed by atoms with E-state index in [0.717, 1.165) is 31.9 Å². The Morgan fingerprint density at radius 3 is 2.85 bits per heavy atom.